The van der Waals surface area contributed by atoms with Crippen molar-refractivity contribution in [3.05, 3.63) is 46.7 Å². The van der Waals surface area contributed by atoms with Crippen LogP contribution in [0.4, 0.5) is 11.9 Å². The number of hydrogen-bond donors (Lipinski definition) is 3. The van der Waals surface area contributed by atoms with E-state index in [1.54, 1.807) is 31.2 Å². The molecule has 4 N–H and O–H groups in total. The molecule has 0 spiro atoms. The normalized spacial score (nSPS) is 16.6. The summed E-state index contributed by atoms with van der Waals surface area (Å²) in [4.78, 5) is 15.7. The van der Waals surface area contributed by atoms with Gasteiger partial charge in [0, 0.05) is 5.70 Å². The van der Waals surface area contributed by atoms with Gasteiger partial charge in [0.15, 0.2) is 0 Å². The second-order valence-corrected chi connectivity index (χ2v) is 4.84. The second kappa shape index (κ2) is 4.89. The van der Waals surface area contributed by atoms with Gasteiger partial charge in [-0.05, 0) is 24.6 Å². The van der Waals surface area contributed by atoms with Gasteiger partial charge in [-0.15, -0.1) is 5.10 Å². The lowest BCUT2D eigenvalue weighted by atomic mass is 9.95. The number of nitrogens with zero attached hydrogens (tertiary/aromatic N) is 4. The summed E-state index contributed by atoms with van der Waals surface area (Å²) in [5.74, 6) is -0.617. The van der Waals surface area contributed by atoms with Crippen LogP contribution in [0.2, 0.25) is 0 Å². The van der Waals surface area contributed by atoms with Crippen LogP contribution in [0.25, 0.3) is 0 Å². The van der Waals surface area contributed by atoms with Crippen molar-refractivity contribution in [2.75, 3.05) is 11.1 Å². The molecule has 0 fully saturated rings. The van der Waals surface area contributed by atoms with Gasteiger partial charge in [0.1, 0.15) is 6.04 Å². The number of nitrogens with two attached hydrogens (primary N) is 1. The Bertz CT molecular complexity index is 828. The standard InChI is InChI=1S/C14H12N6O2/c1-7-10(12(21)22)11(9-4-2-8(6-15)3-5-9)20-14(17-7)18-13(16)19-20/h2-5,11H,1H3,(H,21,22)(H3,16,17,18,19). The number of nitrogen functional groups attached to an aromatic ring is 1. The van der Waals surface area contributed by atoms with Gasteiger partial charge in [-0.25, -0.2) is 9.48 Å². The van der Waals surface area contributed by atoms with Gasteiger partial charge in [0.05, 0.1) is 17.2 Å². The summed E-state index contributed by atoms with van der Waals surface area (Å²) in [6, 6.07) is 8.03. The minimum Gasteiger partial charge on any atom is -0.478 e. The highest BCUT2D eigenvalue weighted by Gasteiger charge is 2.33. The predicted octanol–water partition coefficient (Wildman–Crippen LogP) is 1.11. The number of nitrogens with one attached hydrogen (secondary N) is 1. The summed E-state index contributed by atoms with van der Waals surface area (Å²) in [7, 11) is 0. The molecule has 8 heteroatoms. The van der Waals surface area contributed by atoms with Crippen molar-refractivity contribution in [3.8, 4) is 6.07 Å². The zero-order chi connectivity index (χ0) is 15.9. The molecule has 0 aliphatic carbocycles. The van der Waals surface area contributed by atoms with Gasteiger partial charge in [-0.3, -0.25) is 0 Å². The first kappa shape index (κ1) is 13.6. The van der Waals surface area contributed by atoms with Crippen molar-refractivity contribution in [2.24, 2.45) is 0 Å². The Morgan fingerprint density at radius 3 is 2.73 bits per heavy atom. The molecular formula is C14H12N6O2. The first-order valence-corrected chi connectivity index (χ1v) is 6.44. The van der Waals surface area contributed by atoms with E-state index in [-0.39, 0.29) is 11.5 Å². The molecule has 2 aromatic rings. The molecule has 0 amide bonds. The van der Waals surface area contributed by atoms with E-state index in [1.165, 1.54) is 4.68 Å². The van der Waals surface area contributed by atoms with Gasteiger partial charge >= 0.3 is 5.97 Å². The Morgan fingerprint density at radius 1 is 1.45 bits per heavy atom. The third-order valence-corrected chi connectivity index (χ3v) is 3.45. The number of rotatable bonds is 2. The zero-order valence-corrected chi connectivity index (χ0v) is 11.6. The number of nitriles is 1. The summed E-state index contributed by atoms with van der Waals surface area (Å²) in [6.07, 6.45) is 0. The topological polar surface area (TPSA) is 130 Å². The Hall–Kier alpha value is -3.34. The maximum absolute atomic E-state index is 11.6. The van der Waals surface area contributed by atoms with E-state index >= 15 is 0 Å². The molecule has 110 valence electrons. The van der Waals surface area contributed by atoms with Crippen molar-refractivity contribution in [3.63, 3.8) is 0 Å². The van der Waals surface area contributed by atoms with Gasteiger partial charge in [-0.2, -0.15) is 10.2 Å². The maximum atomic E-state index is 11.6. The lowest BCUT2D eigenvalue weighted by molar-refractivity contribution is -0.133. The van der Waals surface area contributed by atoms with Crippen molar-refractivity contribution in [1.82, 2.24) is 14.8 Å². The third-order valence-electron chi connectivity index (χ3n) is 3.45. The smallest absolute Gasteiger partial charge is 0.335 e. The number of carbonyl (C=O) groups is 1. The molecular weight excluding hydrogens is 284 g/mol. The van der Waals surface area contributed by atoms with E-state index in [2.05, 4.69) is 15.4 Å². The van der Waals surface area contributed by atoms with E-state index in [1.807, 2.05) is 6.07 Å². The van der Waals surface area contributed by atoms with Crippen LogP contribution >= 0.6 is 0 Å². The van der Waals surface area contributed by atoms with E-state index in [0.717, 1.165) is 0 Å². The van der Waals surface area contributed by atoms with Crippen LogP contribution in [-0.2, 0) is 4.79 Å². The van der Waals surface area contributed by atoms with Crippen LogP contribution in [0.15, 0.2) is 35.5 Å². The first-order chi connectivity index (χ1) is 10.5. The van der Waals surface area contributed by atoms with E-state index < -0.39 is 12.0 Å². The van der Waals surface area contributed by atoms with E-state index in [9.17, 15) is 9.90 Å². The molecule has 0 radical (unpaired) electrons. The Morgan fingerprint density at radius 2 is 2.14 bits per heavy atom. The summed E-state index contributed by atoms with van der Waals surface area (Å²) in [6.45, 7) is 1.66. The molecule has 1 unspecified atom stereocenters. The fourth-order valence-corrected chi connectivity index (χ4v) is 2.49. The monoisotopic (exact) mass is 296 g/mol. The fraction of sp³-hybridized carbons (Fsp3) is 0.143. The molecule has 2 heterocycles. The van der Waals surface area contributed by atoms with Crippen LogP contribution < -0.4 is 11.1 Å². The van der Waals surface area contributed by atoms with Crippen LogP contribution in [0, 0.1) is 11.3 Å². The van der Waals surface area contributed by atoms with E-state index in [0.29, 0.717) is 22.8 Å². The maximum Gasteiger partial charge on any atom is 0.335 e. The Balaban J connectivity index is 2.19. The second-order valence-electron chi connectivity index (χ2n) is 4.84. The summed E-state index contributed by atoms with van der Waals surface area (Å²) in [5, 5.41) is 25.4. The highest BCUT2D eigenvalue weighted by Crippen LogP contribution is 2.35. The molecule has 1 atom stereocenters. The average molecular weight is 296 g/mol. The molecule has 1 aromatic carbocycles. The van der Waals surface area contributed by atoms with Gasteiger partial charge in [0.2, 0.25) is 11.9 Å². The minimum atomic E-state index is -1.06. The Kier molecular flexibility index (Phi) is 3.03. The molecule has 3 rings (SSSR count). The number of fused-ring (bicyclic) bond motifs is 1. The summed E-state index contributed by atoms with van der Waals surface area (Å²) < 4.78 is 1.44. The summed E-state index contributed by atoms with van der Waals surface area (Å²) >= 11 is 0. The largest absolute Gasteiger partial charge is 0.478 e. The SMILES string of the molecule is CC1=C(C(=O)O)C(c2ccc(C#N)cc2)n2nc(N)nc2N1. The molecule has 0 bridgehead atoms. The van der Waals surface area contributed by atoms with E-state index in [4.69, 9.17) is 11.0 Å². The number of allylic oxidation sites excluding steroid dienone is 1. The van der Waals surface area contributed by atoms with Crippen molar-refractivity contribution < 1.29 is 9.90 Å². The number of carboxylic acid groups (broad SMARTS) is 1. The van der Waals surface area contributed by atoms with Crippen molar-refractivity contribution in [1.29, 1.82) is 5.26 Å². The molecule has 1 aliphatic rings. The van der Waals surface area contributed by atoms with Crippen LogP contribution in [0.5, 0.6) is 0 Å². The van der Waals surface area contributed by atoms with Crippen molar-refractivity contribution >= 4 is 17.9 Å². The number of benzene rings is 1. The molecule has 1 aromatic heterocycles. The van der Waals surface area contributed by atoms with Crippen LogP contribution in [0.1, 0.15) is 24.1 Å². The molecule has 1 aliphatic heterocycles. The predicted molar refractivity (Wildman–Crippen MR) is 77.7 cm³/mol. The molecule has 22 heavy (non-hydrogen) atoms. The van der Waals surface area contributed by atoms with Gasteiger partial charge in [-0.1, -0.05) is 12.1 Å². The number of carboxylic acids is 1. The third kappa shape index (κ3) is 2.05. The number of hydrogen-bond acceptors (Lipinski definition) is 6. The van der Waals surface area contributed by atoms with Crippen LogP contribution in [-0.4, -0.2) is 25.8 Å². The number of anilines is 2. The lowest BCUT2D eigenvalue weighted by Crippen LogP contribution is -2.28. The van der Waals surface area contributed by atoms with Crippen molar-refractivity contribution in [2.45, 2.75) is 13.0 Å². The molecule has 0 saturated heterocycles. The minimum absolute atomic E-state index is 0.0561. The first-order valence-electron chi connectivity index (χ1n) is 6.44. The quantitative estimate of drug-likeness (QED) is 0.756. The highest BCUT2D eigenvalue weighted by molar-refractivity contribution is 5.90. The van der Waals surface area contributed by atoms with Gasteiger partial charge < -0.3 is 16.2 Å². The highest BCUT2D eigenvalue weighted by atomic mass is 16.4. The molecule has 8 nitrogen and oxygen atoms in total. The van der Waals surface area contributed by atoms with Crippen LogP contribution in [0.3, 0.4) is 0 Å². The average Bonchev–Trinajstić information content (AvgIpc) is 2.85. The lowest BCUT2D eigenvalue weighted by Gasteiger charge is -2.27. The number of aliphatic carboxylic acids is 1. The Labute approximate surface area is 125 Å². The fourth-order valence-electron chi connectivity index (χ4n) is 2.49. The summed E-state index contributed by atoms with van der Waals surface area (Å²) in [5.41, 5.74) is 7.43. The number of aromatic nitrogens is 3. The molecule has 0 saturated carbocycles. The zero-order valence-electron chi connectivity index (χ0n) is 11.6. The van der Waals surface area contributed by atoms with Gasteiger partial charge in [0.25, 0.3) is 0 Å².